The van der Waals surface area contributed by atoms with E-state index in [-0.39, 0.29) is 11.8 Å². The highest BCUT2D eigenvalue weighted by molar-refractivity contribution is 5.78. The highest BCUT2D eigenvalue weighted by Gasteiger charge is 2.25. The largest absolute Gasteiger partial charge is 0.355 e. The van der Waals surface area contributed by atoms with Gasteiger partial charge in [-0.15, -0.1) is 0 Å². The van der Waals surface area contributed by atoms with Crippen molar-refractivity contribution in [3.05, 3.63) is 48.7 Å². The molecule has 6 heteroatoms. The summed E-state index contributed by atoms with van der Waals surface area (Å²) in [6, 6.07) is 5.84. The molecule has 120 valence electrons. The summed E-state index contributed by atoms with van der Waals surface area (Å²) in [6.45, 7) is 2.33. The Balaban J connectivity index is 1.41. The Morgan fingerprint density at radius 2 is 2.04 bits per heavy atom. The van der Waals surface area contributed by atoms with Crippen LogP contribution in [0.1, 0.15) is 18.5 Å². The van der Waals surface area contributed by atoms with Gasteiger partial charge in [-0.2, -0.15) is 0 Å². The Hall–Kier alpha value is -2.50. The van der Waals surface area contributed by atoms with E-state index in [1.807, 2.05) is 18.2 Å². The first-order valence-corrected chi connectivity index (χ1v) is 8.01. The molecule has 23 heavy (non-hydrogen) atoms. The van der Waals surface area contributed by atoms with Crippen molar-refractivity contribution in [3.63, 3.8) is 0 Å². The van der Waals surface area contributed by atoms with Crippen molar-refractivity contribution in [3.8, 4) is 0 Å². The Kier molecular flexibility index (Phi) is 5.13. The topological polar surface area (TPSA) is 71.0 Å². The molecule has 1 aliphatic rings. The number of pyridine rings is 1. The lowest BCUT2D eigenvalue weighted by molar-refractivity contribution is -0.125. The first-order valence-electron chi connectivity index (χ1n) is 8.01. The molecule has 0 atom stereocenters. The third-order valence-corrected chi connectivity index (χ3v) is 4.15. The Morgan fingerprint density at radius 3 is 2.74 bits per heavy atom. The predicted octanol–water partition coefficient (Wildman–Crippen LogP) is 1.45. The maximum Gasteiger partial charge on any atom is 0.223 e. The van der Waals surface area contributed by atoms with E-state index >= 15 is 0 Å². The lowest BCUT2D eigenvalue weighted by Crippen LogP contribution is -2.41. The second-order valence-electron chi connectivity index (χ2n) is 5.69. The first kappa shape index (κ1) is 15.4. The molecule has 1 saturated heterocycles. The van der Waals surface area contributed by atoms with Crippen LogP contribution >= 0.6 is 0 Å². The molecule has 0 radical (unpaired) electrons. The summed E-state index contributed by atoms with van der Waals surface area (Å²) in [5, 5.41) is 3.03. The molecule has 3 rings (SSSR count). The zero-order valence-electron chi connectivity index (χ0n) is 13.1. The fourth-order valence-corrected chi connectivity index (χ4v) is 2.83. The van der Waals surface area contributed by atoms with Gasteiger partial charge in [0, 0.05) is 56.3 Å². The predicted molar refractivity (Wildman–Crippen MR) is 87.9 cm³/mol. The Bertz CT molecular complexity index is 611. The summed E-state index contributed by atoms with van der Waals surface area (Å²) < 4.78 is 0. The minimum absolute atomic E-state index is 0.0895. The number of hydrogen-bond donors (Lipinski definition) is 1. The van der Waals surface area contributed by atoms with Gasteiger partial charge in [-0.1, -0.05) is 6.07 Å². The highest BCUT2D eigenvalue weighted by Crippen LogP contribution is 2.21. The van der Waals surface area contributed by atoms with Crippen molar-refractivity contribution >= 4 is 11.7 Å². The van der Waals surface area contributed by atoms with Gasteiger partial charge in [-0.25, -0.2) is 4.98 Å². The zero-order chi connectivity index (χ0) is 15.9. The molecule has 1 amide bonds. The summed E-state index contributed by atoms with van der Waals surface area (Å²) in [4.78, 5) is 27.1. The van der Waals surface area contributed by atoms with Gasteiger partial charge in [0.1, 0.15) is 5.82 Å². The van der Waals surface area contributed by atoms with Crippen LogP contribution in [0.2, 0.25) is 0 Å². The van der Waals surface area contributed by atoms with E-state index < -0.39 is 0 Å². The molecular weight excluding hydrogens is 290 g/mol. The molecule has 1 fully saturated rings. The van der Waals surface area contributed by atoms with Crippen LogP contribution < -0.4 is 10.2 Å². The van der Waals surface area contributed by atoms with E-state index in [1.54, 1.807) is 24.8 Å². The van der Waals surface area contributed by atoms with Gasteiger partial charge in [-0.3, -0.25) is 14.8 Å². The van der Waals surface area contributed by atoms with Gasteiger partial charge in [0.25, 0.3) is 0 Å². The minimum Gasteiger partial charge on any atom is -0.355 e. The third-order valence-electron chi connectivity index (χ3n) is 4.15. The second kappa shape index (κ2) is 7.67. The number of rotatable bonds is 5. The maximum absolute atomic E-state index is 12.3. The van der Waals surface area contributed by atoms with E-state index in [0.717, 1.165) is 43.9 Å². The van der Waals surface area contributed by atoms with Gasteiger partial charge < -0.3 is 10.2 Å². The SMILES string of the molecule is O=C(NCCc1ccccn1)C1CCN(c2cnccn2)CC1. The smallest absolute Gasteiger partial charge is 0.223 e. The molecular formula is C17H21N5O. The van der Waals surface area contributed by atoms with E-state index in [1.165, 1.54) is 0 Å². The molecule has 0 unspecified atom stereocenters. The highest BCUT2D eigenvalue weighted by atomic mass is 16.1. The Morgan fingerprint density at radius 1 is 1.17 bits per heavy atom. The number of hydrogen-bond acceptors (Lipinski definition) is 5. The van der Waals surface area contributed by atoms with Crippen molar-refractivity contribution in [2.24, 2.45) is 5.92 Å². The van der Waals surface area contributed by atoms with Crippen LogP contribution in [-0.2, 0) is 11.2 Å². The van der Waals surface area contributed by atoms with Crippen molar-refractivity contribution in [2.75, 3.05) is 24.5 Å². The lowest BCUT2D eigenvalue weighted by Gasteiger charge is -2.31. The van der Waals surface area contributed by atoms with Gasteiger partial charge in [0.2, 0.25) is 5.91 Å². The minimum atomic E-state index is 0.0895. The third kappa shape index (κ3) is 4.25. The molecule has 2 aromatic rings. The number of nitrogens with one attached hydrogen (secondary N) is 1. The van der Waals surface area contributed by atoms with E-state index in [9.17, 15) is 4.79 Å². The van der Waals surface area contributed by atoms with Gasteiger partial charge in [0.15, 0.2) is 0 Å². The fourth-order valence-electron chi connectivity index (χ4n) is 2.83. The maximum atomic E-state index is 12.3. The van der Waals surface area contributed by atoms with Crippen LogP contribution in [-0.4, -0.2) is 40.5 Å². The molecule has 0 spiro atoms. The van der Waals surface area contributed by atoms with Crippen molar-refractivity contribution in [1.29, 1.82) is 0 Å². The lowest BCUT2D eigenvalue weighted by atomic mass is 9.96. The van der Waals surface area contributed by atoms with Gasteiger partial charge in [-0.05, 0) is 25.0 Å². The van der Waals surface area contributed by atoms with Gasteiger partial charge in [0.05, 0.1) is 6.20 Å². The monoisotopic (exact) mass is 311 g/mol. The average Bonchev–Trinajstić information content (AvgIpc) is 2.63. The van der Waals surface area contributed by atoms with Crippen LogP contribution in [0.3, 0.4) is 0 Å². The van der Waals surface area contributed by atoms with Crippen molar-refractivity contribution in [1.82, 2.24) is 20.3 Å². The van der Waals surface area contributed by atoms with Crippen LogP contribution in [0.15, 0.2) is 43.0 Å². The fraction of sp³-hybridized carbons (Fsp3) is 0.412. The summed E-state index contributed by atoms with van der Waals surface area (Å²) in [5.74, 6) is 1.13. The van der Waals surface area contributed by atoms with Crippen LogP contribution in [0.4, 0.5) is 5.82 Å². The van der Waals surface area contributed by atoms with Crippen LogP contribution in [0.5, 0.6) is 0 Å². The molecule has 2 aromatic heterocycles. The van der Waals surface area contributed by atoms with E-state index in [2.05, 4.69) is 25.2 Å². The molecule has 0 bridgehead atoms. The molecule has 3 heterocycles. The summed E-state index contributed by atoms with van der Waals surface area (Å²) in [7, 11) is 0. The van der Waals surface area contributed by atoms with Crippen LogP contribution in [0.25, 0.3) is 0 Å². The number of carbonyl (C=O) groups excluding carboxylic acids is 1. The molecule has 0 saturated carbocycles. The normalized spacial score (nSPS) is 15.4. The number of carbonyl (C=O) groups is 1. The molecule has 0 aromatic carbocycles. The van der Waals surface area contributed by atoms with E-state index in [0.29, 0.717) is 6.54 Å². The summed E-state index contributed by atoms with van der Waals surface area (Å²) in [5.41, 5.74) is 1.00. The van der Waals surface area contributed by atoms with E-state index in [4.69, 9.17) is 0 Å². The standard InChI is InChI=1S/C17H21N5O/c23-17(21-8-4-15-3-1-2-7-19-15)14-5-11-22(12-6-14)16-13-18-9-10-20-16/h1-3,7,9-10,13-14H,4-6,8,11-12H2,(H,21,23). The Labute approximate surface area is 136 Å². The van der Waals surface area contributed by atoms with Gasteiger partial charge >= 0.3 is 0 Å². The molecule has 6 nitrogen and oxygen atoms in total. The quantitative estimate of drug-likeness (QED) is 0.905. The second-order valence-corrected chi connectivity index (χ2v) is 5.69. The molecule has 1 aliphatic heterocycles. The average molecular weight is 311 g/mol. The molecule has 1 N–H and O–H groups in total. The van der Waals surface area contributed by atoms with Crippen molar-refractivity contribution in [2.45, 2.75) is 19.3 Å². The van der Waals surface area contributed by atoms with Crippen molar-refractivity contribution < 1.29 is 4.79 Å². The van der Waals surface area contributed by atoms with Crippen LogP contribution in [0, 0.1) is 5.92 Å². The number of anilines is 1. The number of piperidine rings is 1. The number of aromatic nitrogens is 3. The number of nitrogens with zero attached hydrogens (tertiary/aromatic N) is 4. The number of amides is 1. The zero-order valence-corrected chi connectivity index (χ0v) is 13.1. The molecule has 0 aliphatic carbocycles. The first-order chi connectivity index (χ1) is 11.3. The summed E-state index contributed by atoms with van der Waals surface area (Å²) >= 11 is 0. The summed E-state index contributed by atoms with van der Waals surface area (Å²) in [6.07, 6.45) is 9.40.